The fourth-order valence-corrected chi connectivity index (χ4v) is 4.50. The SMILES string of the molecule is COc1ccc2nccc(CC[C@H](N)CC[C@@H]3CN(C4=COC=C(C5=CC=CCC5)O4)C(=O)O3)c2n1. The van der Waals surface area contributed by atoms with Crippen molar-refractivity contribution >= 4 is 17.1 Å². The van der Waals surface area contributed by atoms with Crippen LogP contribution < -0.4 is 10.5 Å². The number of aromatic nitrogens is 2. The molecule has 2 atom stereocenters. The Morgan fingerprint density at radius 3 is 3.00 bits per heavy atom. The van der Waals surface area contributed by atoms with Crippen molar-refractivity contribution < 1.29 is 23.7 Å². The molecule has 0 aromatic carbocycles. The van der Waals surface area contributed by atoms with Crippen molar-refractivity contribution in [2.75, 3.05) is 13.7 Å². The second-order valence-corrected chi connectivity index (χ2v) is 9.02. The molecule has 2 N–H and O–H groups in total. The minimum Gasteiger partial charge on any atom is -0.481 e. The van der Waals surface area contributed by atoms with Crippen LogP contribution in [-0.4, -0.2) is 46.8 Å². The zero-order valence-electron chi connectivity index (χ0n) is 20.3. The Labute approximate surface area is 209 Å². The van der Waals surface area contributed by atoms with Crippen molar-refractivity contribution in [3.8, 4) is 5.88 Å². The molecule has 0 saturated carbocycles. The number of carbonyl (C=O) groups is 1. The third-order valence-electron chi connectivity index (χ3n) is 6.52. The van der Waals surface area contributed by atoms with Crippen LogP contribution in [-0.2, 0) is 20.6 Å². The van der Waals surface area contributed by atoms with Crippen LogP contribution in [0.1, 0.15) is 37.7 Å². The van der Waals surface area contributed by atoms with Gasteiger partial charge in [-0.2, -0.15) is 0 Å². The van der Waals surface area contributed by atoms with Crippen molar-refractivity contribution in [3.63, 3.8) is 0 Å². The molecule has 9 nitrogen and oxygen atoms in total. The topological polar surface area (TPSA) is 109 Å². The summed E-state index contributed by atoms with van der Waals surface area (Å²) in [6.07, 6.45) is 14.9. The average molecular weight is 491 g/mol. The van der Waals surface area contributed by atoms with E-state index in [-0.39, 0.29) is 12.1 Å². The summed E-state index contributed by atoms with van der Waals surface area (Å²) in [5.74, 6) is 1.52. The number of nitrogens with zero attached hydrogens (tertiary/aromatic N) is 3. The Morgan fingerprint density at radius 1 is 1.25 bits per heavy atom. The maximum atomic E-state index is 12.5. The molecule has 1 amide bonds. The minimum atomic E-state index is -0.439. The second kappa shape index (κ2) is 10.8. The number of ether oxygens (including phenoxy) is 4. The highest BCUT2D eigenvalue weighted by Crippen LogP contribution is 2.30. The van der Waals surface area contributed by atoms with E-state index in [1.165, 1.54) is 11.2 Å². The maximum absolute atomic E-state index is 12.5. The van der Waals surface area contributed by atoms with Crippen LogP contribution in [0, 0.1) is 0 Å². The average Bonchev–Trinajstić information content (AvgIpc) is 3.31. The lowest BCUT2D eigenvalue weighted by Crippen LogP contribution is -2.28. The van der Waals surface area contributed by atoms with E-state index in [0.29, 0.717) is 30.5 Å². The largest absolute Gasteiger partial charge is 0.481 e. The molecule has 1 aliphatic carbocycles. The number of rotatable bonds is 9. The Kier molecular flexibility index (Phi) is 7.18. The lowest BCUT2D eigenvalue weighted by Gasteiger charge is -2.23. The van der Waals surface area contributed by atoms with Crippen LogP contribution in [0.25, 0.3) is 11.0 Å². The van der Waals surface area contributed by atoms with E-state index in [9.17, 15) is 4.79 Å². The fraction of sp³-hybridized carbons (Fsp3) is 0.370. The number of amides is 1. The van der Waals surface area contributed by atoms with E-state index >= 15 is 0 Å². The molecule has 2 aromatic rings. The Balaban J connectivity index is 1.12. The number of allylic oxidation sites excluding steroid dienone is 4. The number of carbonyl (C=O) groups excluding carboxylic acids is 1. The third-order valence-corrected chi connectivity index (χ3v) is 6.52. The highest BCUT2D eigenvalue weighted by atomic mass is 16.6. The van der Waals surface area contributed by atoms with Crippen LogP contribution >= 0.6 is 0 Å². The molecule has 0 unspecified atom stereocenters. The summed E-state index contributed by atoms with van der Waals surface area (Å²) < 4.78 is 22.3. The van der Waals surface area contributed by atoms with Crippen molar-refractivity contribution in [2.45, 2.75) is 50.7 Å². The van der Waals surface area contributed by atoms with E-state index in [0.717, 1.165) is 54.3 Å². The first-order valence-corrected chi connectivity index (χ1v) is 12.2. The fourth-order valence-electron chi connectivity index (χ4n) is 4.50. The molecule has 36 heavy (non-hydrogen) atoms. The van der Waals surface area contributed by atoms with E-state index in [1.807, 2.05) is 24.3 Å². The highest BCUT2D eigenvalue weighted by Gasteiger charge is 2.36. The molecule has 0 radical (unpaired) electrons. The van der Waals surface area contributed by atoms with Crippen LogP contribution in [0.15, 0.2) is 72.4 Å². The number of hydrogen-bond acceptors (Lipinski definition) is 8. The number of methoxy groups -OCH3 is 1. The first kappa shape index (κ1) is 23.9. The van der Waals surface area contributed by atoms with Gasteiger partial charge in [-0.3, -0.25) is 4.98 Å². The van der Waals surface area contributed by atoms with Gasteiger partial charge in [-0.25, -0.2) is 14.7 Å². The summed E-state index contributed by atoms with van der Waals surface area (Å²) in [7, 11) is 1.60. The predicted octanol–water partition coefficient (Wildman–Crippen LogP) is 4.46. The predicted molar refractivity (Wildman–Crippen MR) is 133 cm³/mol. The second-order valence-electron chi connectivity index (χ2n) is 9.02. The van der Waals surface area contributed by atoms with Crippen molar-refractivity contribution in [1.82, 2.24) is 14.9 Å². The zero-order chi connectivity index (χ0) is 24.9. The number of aryl methyl sites for hydroxylation is 1. The van der Waals surface area contributed by atoms with Gasteiger partial charge in [0, 0.05) is 18.3 Å². The van der Waals surface area contributed by atoms with Gasteiger partial charge in [-0.05, 0) is 61.8 Å². The summed E-state index contributed by atoms with van der Waals surface area (Å²) in [6, 6.07) is 5.64. The summed E-state index contributed by atoms with van der Waals surface area (Å²) in [5.41, 5.74) is 10.2. The number of pyridine rings is 2. The van der Waals surface area contributed by atoms with Gasteiger partial charge in [0.25, 0.3) is 0 Å². The van der Waals surface area contributed by atoms with E-state index in [4.69, 9.17) is 24.7 Å². The number of hydrogen-bond donors (Lipinski definition) is 1. The molecular formula is C27H30N4O5. The molecule has 188 valence electrons. The molecule has 0 spiro atoms. The first-order chi connectivity index (χ1) is 17.6. The Bertz CT molecular complexity index is 1250. The highest BCUT2D eigenvalue weighted by molar-refractivity contribution is 5.78. The van der Waals surface area contributed by atoms with Gasteiger partial charge in [-0.1, -0.05) is 18.2 Å². The van der Waals surface area contributed by atoms with Gasteiger partial charge in [0.05, 0.1) is 24.7 Å². The molecule has 1 fully saturated rings. The quantitative estimate of drug-likeness (QED) is 0.549. The molecule has 9 heteroatoms. The molecule has 0 bridgehead atoms. The van der Waals surface area contributed by atoms with E-state index < -0.39 is 6.09 Å². The first-order valence-electron chi connectivity index (χ1n) is 12.2. The van der Waals surface area contributed by atoms with Crippen molar-refractivity contribution in [1.29, 1.82) is 0 Å². The molecule has 2 aliphatic heterocycles. The van der Waals surface area contributed by atoms with Crippen molar-refractivity contribution in [2.24, 2.45) is 5.73 Å². The molecule has 5 rings (SSSR count). The van der Waals surface area contributed by atoms with Crippen molar-refractivity contribution in [3.05, 3.63) is 77.9 Å². The van der Waals surface area contributed by atoms with E-state index in [1.54, 1.807) is 25.6 Å². The van der Waals surface area contributed by atoms with Gasteiger partial charge in [0.1, 0.15) is 12.4 Å². The lowest BCUT2D eigenvalue weighted by molar-refractivity contribution is 0.116. The number of nitrogens with two attached hydrogens (primary N) is 1. The van der Waals surface area contributed by atoms with Crippen LogP contribution in [0.3, 0.4) is 0 Å². The Morgan fingerprint density at radius 2 is 2.17 bits per heavy atom. The van der Waals surface area contributed by atoms with Crippen LogP contribution in [0.5, 0.6) is 5.88 Å². The smallest absolute Gasteiger partial charge is 0.417 e. The molecule has 2 aromatic heterocycles. The van der Waals surface area contributed by atoms with Gasteiger partial charge >= 0.3 is 6.09 Å². The van der Waals surface area contributed by atoms with Crippen LogP contribution in [0.2, 0.25) is 0 Å². The standard InChI is InChI=1S/C27H30N4O5/c1-33-24-12-11-22-26(30-24)19(13-14-29-22)7-8-20(28)9-10-21-15-31(27(32)35-21)25-17-34-16-23(36-25)18-5-3-2-4-6-18/h2-3,5,11-14,16-17,20-21H,4,6-10,15,28H2,1H3/t20-,21+/m0/s1. The van der Waals surface area contributed by atoms with Gasteiger partial charge in [0.15, 0.2) is 12.0 Å². The third kappa shape index (κ3) is 5.36. The zero-order valence-corrected chi connectivity index (χ0v) is 20.3. The number of fused-ring (bicyclic) bond motifs is 1. The lowest BCUT2D eigenvalue weighted by atomic mass is 10.0. The monoisotopic (exact) mass is 490 g/mol. The molecule has 1 saturated heterocycles. The maximum Gasteiger partial charge on any atom is 0.417 e. The molecule has 3 aliphatic rings. The van der Waals surface area contributed by atoms with Gasteiger partial charge < -0.3 is 24.7 Å². The summed E-state index contributed by atoms with van der Waals surface area (Å²) in [5, 5.41) is 0. The summed E-state index contributed by atoms with van der Waals surface area (Å²) in [4.78, 5) is 22.9. The van der Waals surface area contributed by atoms with Crippen LogP contribution in [0.4, 0.5) is 4.79 Å². The molecular weight excluding hydrogens is 460 g/mol. The molecule has 4 heterocycles. The number of cyclic esters (lactones) is 1. The minimum absolute atomic E-state index is 0.0408. The normalized spacial score (nSPS) is 20.2. The summed E-state index contributed by atoms with van der Waals surface area (Å²) in [6.45, 7) is 0.395. The van der Waals surface area contributed by atoms with Gasteiger partial charge in [0.2, 0.25) is 11.8 Å². The Hall–Kier alpha value is -3.85. The summed E-state index contributed by atoms with van der Waals surface area (Å²) >= 11 is 0. The van der Waals surface area contributed by atoms with E-state index in [2.05, 4.69) is 16.0 Å². The van der Waals surface area contributed by atoms with Gasteiger partial charge in [-0.15, -0.1) is 0 Å².